The molecule has 0 aliphatic heterocycles. The van der Waals surface area contributed by atoms with Crippen LogP contribution in [-0.2, 0) is 6.61 Å². The van der Waals surface area contributed by atoms with Crippen molar-refractivity contribution in [3.63, 3.8) is 0 Å². The lowest BCUT2D eigenvalue weighted by atomic mass is 10.1. The van der Waals surface area contributed by atoms with Crippen LogP contribution in [0, 0.1) is 13.8 Å². The first-order valence-corrected chi connectivity index (χ1v) is 7.37. The van der Waals surface area contributed by atoms with Crippen LogP contribution >= 0.6 is 22.9 Å². The Labute approximate surface area is 122 Å². The number of nitrogens with one attached hydrogen (secondary N) is 1. The Morgan fingerprint density at radius 2 is 2.00 bits per heavy atom. The summed E-state index contributed by atoms with van der Waals surface area (Å²) in [5.74, 6) is 0.845. The second kappa shape index (κ2) is 6.26. The highest BCUT2D eigenvalue weighted by Crippen LogP contribution is 2.27. The highest BCUT2D eigenvalue weighted by Gasteiger charge is 2.05. The van der Waals surface area contributed by atoms with Crippen molar-refractivity contribution < 1.29 is 4.74 Å². The predicted molar refractivity (Wildman–Crippen MR) is 81.5 cm³/mol. The van der Waals surface area contributed by atoms with Gasteiger partial charge in [-0.25, -0.2) is 4.98 Å². The molecular weight excluding hydrogens is 280 g/mol. The monoisotopic (exact) mass is 296 g/mol. The lowest BCUT2D eigenvalue weighted by Gasteiger charge is -2.08. The number of nitrogens with zero attached hydrogens (tertiary/aromatic N) is 1. The second-order valence-electron chi connectivity index (χ2n) is 4.32. The van der Waals surface area contributed by atoms with Gasteiger partial charge in [0.05, 0.1) is 4.88 Å². The fourth-order valence-corrected chi connectivity index (χ4v) is 2.65. The first kappa shape index (κ1) is 14.2. The van der Waals surface area contributed by atoms with Gasteiger partial charge in [0.1, 0.15) is 12.4 Å². The van der Waals surface area contributed by atoms with Gasteiger partial charge >= 0.3 is 0 Å². The van der Waals surface area contributed by atoms with E-state index in [4.69, 9.17) is 16.3 Å². The molecule has 1 aromatic heterocycles. The van der Waals surface area contributed by atoms with Crippen LogP contribution in [0.25, 0.3) is 0 Å². The molecule has 0 saturated heterocycles. The third-order valence-electron chi connectivity index (χ3n) is 2.67. The number of halogens is 1. The Morgan fingerprint density at radius 3 is 2.63 bits per heavy atom. The molecule has 2 rings (SSSR count). The summed E-state index contributed by atoms with van der Waals surface area (Å²) in [5, 5.41) is 4.93. The molecule has 1 N–H and O–H groups in total. The van der Waals surface area contributed by atoms with Crippen LogP contribution in [0.3, 0.4) is 0 Å². The minimum Gasteiger partial charge on any atom is -0.488 e. The summed E-state index contributed by atoms with van der Waals surface area (Å²) in [6.07, 6.45) is 1.85. The molecule has 2 aromatic rings. The van der Waals surface area contributed by atoms with Crippen molar-refractivity contribution in [1.29, 1.82) is 0 Å². The molecule has 0 aliphatic carbocycles. The molecule has 0 fully saturated rings. The number of hydrogen-bond donors (Lipinski definition) is 1. The van der Waals surface area contributed by atoms with Crippen LogP contribution in [0.4, 0.5) is 5.13 Å². The molecule has 0 spiro atoms. The number of ether oxygens (including phenoxy) is 1. The third kappa shape index (κ3) is 3.61. The van der Waals surface area contributed by atoms with Gasteiger partial charge in [0.25, 0.3) is 0 Å². The van der Waals surface area contributed by atoms with Gasteiger partial charge in [0, 0.05) is 17.8 Å². The Kier molecular flexibility index (Phi) is 4.66. The molecule has 19 heavy (non-hydrogen) atoms. The molecule has 0 bridgehead atoms. The number of rotatable bonds is 5. The van der Waals surface area contributed by atoms with Crippen LogP contribution < -0.4 is 10.1 Å². The van der Waals surface area contributed by atoms with Gasteiger partial charge in [-0.15, -0.1) is 0 Å². The number of thiazole rings is 1. The van der Waals surface area contributed by atoms with E-state index in [9.17, 15) is 0 Å². The maximum absolute atomic E-state index is 6.13. The summed E-state index contributed by atoms with van der Waals surface area (Å²) in [6.45, 7) is 7.43. The summed E-state index contributed by atoms with van der Waals surface area (Å²) in [7, 11) is 0. The van der Waals surface area contributed by atoms with Crippen molar-refractivity contribution in [2.45, 2.75) is 27.4 Å². The average molecular weight is 297 g/mol. The lowest BCUT2D eigenvalue weighted by molar-refractivity contribution is 0.309. The van der Waals surface area contributed by atoms with Crippen molar-refractivity contribution in [2.24, 2.45) is 0 Å². The summed E-state index contributed by atoms with van der Waals surface area (Å²) in [6, 6.07) is 3.92. The van der Waals surface area contributed by atoms with Crippen molar-refractivity contribution in [3.05, 3.63) is 39.4 Å². The largest absolute Gasteiger partial charge is 0.488 e. The maximum Gasteiger partial charge on any atom is 0.182 e. The van der Waals surface area contributed by atoms with E-state index in [1.165, 1.54) is 0 Å². The summed E-state index contributed by atoms with van der Waals surface area (Å²) in [5.41, 5.74) is 2.07. The zero-order valence-corrected chi connectivity index (χ0v) is 12.9. The van der Waals surface area contributed by atoms with Gasteiger partial charge in [0.2, 0.25) is 0 Å². The summed E-state index contributed by atoms with van der Waals surface area (Å²) >= 11 is 7.75. The average Bonchev–Trinajstić information content (AvgIpc) is 2.81. The number of anilines is 1. The molecule has 1 aromatic carbocycles. The SMILES string of the molecule is CCNc1ncc(COc2cc(C)c(Cl)c(C)c2)s1. The zero-order valence-electron chi connectivity index (χ0n) is 11.3. The summed E-state index contributed by atoms with van der Waals surface area (Å²) in [4.78, 5) is 5.37. The normalized spacial score (nSPS) is 10.5. The molecule has 1 heterocycles. The van der Waals surface area contributed by atoms with E-state index >= 15 is 0 Å². The van der Waals surface area contributed by atoms with Crippen molar-refractivity contribution >= 4 is 28.1 Å². The quantitative estimate of drug-likeness (QED) is 0.886. The highest BCUT2D eigenvalue weighted by atomic mass is 35.5. The summed E-state index contributed by atoms with van der Waals surface area (Å²) < 4.78 is 5.78. The van der Waals surface area contributed by atoms with E-state index < -0.39 is 0 Å². The topological polar surface area (TPSA) is 34.2 Å². The highest BCUT2D eigenvalue weighted by molar-refractivity contribution is 7.15. The van der Waals surface area contributed by atoms with Gasteiger partial charge < -0.3 is 10.1 Å². The van der Waals surface area contributed by atoms with E-state index in [1.54, 1.807) is 11.3 Å². The van der Waals surface area contributed by atoms with Crippen molar-refractivity contribution in [1.82, 2.24) is 4.98 Å². The number of hydrogen-bond acceptors (Lipinski definition) is 4. The first-order chi connectivity index (χ1) is 9.10. The van der Waals surface area contributed by atoms with Gasteiger partial charge in [-0.1, -0.05) is 22.9 Å². The molecule has 5 heteroatoms. The van der Waals surface area contributed by atoms with E-state index in [0.717, 1.165) is 38.5 Å². The fourth-order valence-electron chi connectivity index (χ4n) is 1.75. The van der Waals surface area contributed by atoms with Gasteiger partial charge in [0.15, 0.2) is 5.13 Å². The predicted octanol–water partition coefficient (Wildman–Crippen LogP) is 4.42. The molecule has 0 aliphatic rings. The Bertz CT molecular complexity index is 545. The number of aromatic nitrogens is 1. The van der Waals surface area contributed by atoms with Crippen molar-refractivity contribution in [2.75, 3.05) is 11.9 Å². The van der Waals surface area contributed by atoms with Gasteiger partial charge in [-0.2, -0.15) is 0 Å². The van der Waals surface area contributed by atoms with Crippen LogP contribution in [-0.4, -0.2) is 11.5 Å². The van der Waals surface area contributed by atoms with Crippen molar-refractivity contribution in [3.8, 4) is 5.75 Å². The Balaban J connectivity index is 2.01. The number of benzene rings is 1. The van der Waals surface area contributed by atoms with E-state index in [1.807, 2.05) is 32.2 Å². The molecule has 0 amide bonds. The molecule has 0 saturated carbocycles. The first-order valence-electron chi connectivity index (χ1n) is 6.18. The minimum absolute atomic E-state index is 0.531. The molecule has 102 valence electrons. The second-order valence-corrected chi connectivity index (χ2v) is 5.81. The minimum atomic E-state index is 0.531. The standard InChI is InChI=1S/C14H17ClN2OS/c1-4-16-14-17-7-12(19-14)8-18-11-5-9(2)13(15)10(3)6-11/h5-7H,4,8H2,1-3H3,(H,16,17). The fraction of sp³-hybridized carbons (Fsp3) is 0.357. The third-order valence-corrected chi connectivity index (χ3v) is 4.20. The Hall–Kier alpha value is -1.26. The van der Waals surface area contributed by atoms with Gasteiger partial charge in [-0.3, -0.25) is 0 Å². The van der Waals surface area contributed by atoms with Crippen LogP contribution in [0.1, 0.15) is 22.9 Å². The molecule has 0 unspecified atom stereocenters. The van der Waals surface area contributed by atoms with Crippen LogP contribution in [0.2, 0.25) is 5.02 Å². The Morgan fingerprint density at radius 1 is 1.32 bits per heavy atom. The molecule has 3 nitrogen and oxygen atoms in total. The smallest absolute Gasteiger partial charge is 0.182 e. The molecule has 0 atom stereocenters. The van der Waals surface area contributed by atoms with Crippen LogP contribution in [0.15, 0.2) is 18.3 Å². The molecule has 0 radical (unpaired) electrons. The van der Waals surface area contributed by atoms with E-state index in [2.05, 4.69) is 17.2 Å². The maximum atomic E-state index is 6.13. The van der Waals surface area contributed by atoms with Crippen LogP contribution in [0.5, 0.6) is 5.75 Å². The molecular formula is C14H17ClN2OS. The zero-order chi connectivity index (χ0) is 13.8. The van der Waals surface area contributed by atoms with E-state index in [0.29, 0.717) is 6.61 Å². The van der Waals surface area contributed by atoms with E-state index in [-0.39, 0.29) is 0 Å². The van der Waals surface area contributed by atoms with Gasteiger partial charge in [-0.05, 0) is 44.0 Å². The lowest BCUT2D eigenvalue weighted by Crippen LogP contribution is -1.95. The number of aryl methyl sites for hydroxylation is 2.